The van der Waals surface area contributed by atoms with Gasteiger partial charge < -0.3 is 10.1 Å². The van der Waals surface area contributed by atoms with Gasteiger partial charge in [-0.1, -0.05) is 45.1 Å². The molecule has 1 aromatic carbocycles. The molecule has 5 rings (SSSR count). The highest BCUT2D eigenvalue weighted by Gasteiger charge is 2.58. The van der Waals surface area contributed by atoms with Crippen LogP contribution in [0.5, 0.6) is 5.75 Å². The van der Waals surface area contributed by atoms with E-state index in [9.17, 15) is 9.59 Å². The molecular weight excluding hydrogens is 434 g/mol. The van der Waals surface area contributed by atoms with E-state index in [0.29, 0.717) is 41.9 Å². The minimum atomic E-state index is -0.115. The van der Waals surface area contributed by atoms with Crippen LogP contribution >= 0.6 is 0 Å². The van der Waals surface area contributed by atoms with Crippen molar-refractivity contribution < 1.29 is 14.3 Å². The number of hydrogen-bond acceptors (Lipinski definition) is 3. The van der Waals surface area contributed by atoms with Crippen LogP contribution in [-0.2, 0) is 16.0 Å². The van der Waals surface area contributed by atoms with Gasteiger partial charge in [0.2, 0.25) is 5.91 Å². The average Bonchev–Trinajstić information content (AvgIpc) is 3.13. The molecule has 4 heteroatoms. The number of carbonyl (C=O) groups excluding carboxylic acids is 2. The van der Waals surface area contributed by atoms with Crippen LogP contribution in [0.2, 0.25) is 0 Å². The Bertz CT molecular complexity index is 920. The van der Waals surface area contributed by atoms with E-state index in [4.69, 9.17) is 4.74 Å². The lowest BCUT2D eigenvalue weighted by Gasteiger charge is -2.50. The average molecular weight is 480 g/mol. The van der Waals surface area contributed by atoms with Gasteiger partial charge in [-0.15, -0.1) is 0 Å². The third-order valence-electron chi connectivity index (χ3n) is 10.2. The minimum absolute atomic E-state index is 0.115. The quantitative estimate of drug-likeness (QED) is 0.420. The highest BCUT2D eigenvalue weighted by atomic mass is 16.5. The molecule has 3 saturated carbocycles. The molecule has 0 spiro atoms. The first-order valence-electron chi connectivity index (χ1n) is 14.5. The van der Waals surface area contributed by atoms with Crippen LogP contribution in [0.3, 0.4) is 0 Å². The zero-order valence-corrected chi connectivity index (χ0v) is 22.0. The second-order valence-electron chi connectivity index (χ2n) is 12.2. The fourth-order valence-corrected chi connectivity index (χ4v) is 8.43. The Morgan fingerprint density at radius 2 is 1.91 bits per heavy atom. The highest BCUT2D eigenvalue weighted by molar-refractivity contribution is 5.87. The second kappa shape index (κ2) is 10.6. The van der Waals surface area contributed by atoms with Crippen molar-refractivity contribution >= 4 is 11.7 Å². The number of unbranched alkanes of at least 4 members (excludes halogenated alkanes) is 2. The van der Waals surface area contributed by atoms with Crippen LogP contribution in [0, 0.1) is 23.2 Å². The lowest BCUT2D eigenvalue weighted by Crippen LogP contribution is -2.44. The van der Waals surface area contributed by atoms with Crippen LogP contribution in [0.4, 0.5) is 0 Å². The topological polar surface area (TPSA) is 55.4 Å². The number of methoxy groups -OCH3 is 1. The van der Waals surface area contributed by atoms with E-state index in [0.717, 1.165) is 70.0 Å². The Labute approximate surface area is 212 Å². The largest absolute Gasteiger partial charge is 0.497 e. The molecule has 4 aliphatic carbocycles. The van der Waals surface area contributed by atoms with Crippen molar-refractivity contribution in [2.45, 2.75) is 115 Å². The molecule has 0 saturated heterocycles. The van der Waals surface area contributed by atoms with Gasteiger partial charge in [0, 0.05) is 24.3 Å². The van der Waals surface area contributed by atoms with Gasteiger partial charge >= 0.3 is 0 Å². The molecule has 0 radical (unpaired) electrons. The van der Waals surface area contributed by atoms with Crippen molar-refractivity contribution in [1.29, 1.82) is 0 Å². The predicted octanol–water partition coefficient (Wildman–Crippen LogP) is 6.75. The molecule has 0 aliphatic heterocycles. The van der Waals surface area contributed by atoms with Crippen molar-refractivity contribution in [1.82, 2.24) is 5.32 Å². The number of aryl methyl sites for hydroxylation is 1. The van der Waals surface area contributed by atoms with Gasteiger partial charge in [-0.2, -0.15) is 0 Å². The summed E-state index contributed by atoms with van der Waals surface area (Å²) < 4.78 is 5.48. The summed E-state index contributed by atoms with van der Waals surface area (Å²) in [5.74, 6) is 4.01. The Morgan fingerprint density at radius 3 is 2.71 bits per heavy atom. The Kier molecular flexibility index (Phi) is 7.55. The van der Waals surface area contributed by atoms with Gasteiger partial charge in [0.05, 0.1) is 7.11 Å². The van der Waals surface area contributed by atoms with Crippen LogP contribution in [0.1, 0.15) is 114 Å². The number of nitrogens with one attached hydrogen (secondary N) is 1. The molecule has 1 aromatic rings. The summed E-state index contributed by atoms with van der Waals surface area (Å²) in [6, 6.07) is 7.08. The normalized spacial score (nSPS) is 32.5. The SMILES string of the molecule is COc1ccc2c(c1)CC[C@H]1[C@@H]3[C@H](CCCCCC(=O)NC4CCCCC4)CC(=O)[C@@]3(C)CC[C@H]21. The Hall–Kier alpha value is -1.84. The lowest BCUT2D eigenvalue weighted by molar-refractivity contribution is -0.129. The maximum absolute atomic E-state index is 13.2. The first kappa shape index (κ1) is 24.8. The van der Waals surface area contributed by atoms with Gasteiger partial charge in [-0.25, -0.2) is 0 Å². The summed E-state index contributed by atoms with van der Waals surface area (Å²) in [6.07, 6.45) is 16.4. The molecule has 1 amide bonds. The van der Waals surface area contributed by atoms with Crippen LogP contribution in [0.15, 0.2) is 18.2 Å². The van der Waals surface area contributed by atoms with E-state index in [2.05, 4.69) is 30.4 Å². The number of carbonyl (C=O) groups is 2. The maximum Gasteiger partial charge on any atom is 0.220 e. The fourth-order valence-electron chi connectivity index (χ4n) is 8.43. The lowest BCUT2D eigenvalue weighted by atomic mass is 9.54. The Balaban J connectivity index is 1.16. The van der Waals surface area contributed by atoms with E-state index in [1.54, 1.807) is 7.11 Å². The second-order valence-corrected chi connectivity index (χ2v) is 12.2. The first-order chi connectivity index (χ1) is 17.0. The highest BCUT2D eigenvalue weighted by Crippen LogP contribution is 2.62. The molecule has 0 bridgehead atoms. The summed E-state index contributed by atoms with van der Waals surface area (Å²) in [5, 5.41) is 3.25. The van der Waals surface area contributed by atoms with E-state index >= 15 is 0 Å². The molecule has 4 aliphatic rings. The molecule has 0 heterocycles. The molecule has 192 valence electrons. The van der Waals surface area contributed by atoms with Crippen molar-refractivity contribution in [2.75, 3.05) is 7.11 Å². The maximum atomic E-state index is 13.2. The number of fused-ring (bicyclic) bond motifs is 5. The number of amides is 1. The fraction of sp³-hybridized carbons (Fsp3) is 0.742. The summed E-state index contributed by atoms with van der Waals surface area (Å²) in [5.41, 5.74) is 2.86. The number of ketones is 1. The smallest absolute Gasteiger partial charge is 0.220 e. The van der Waals surface area contributed by atoms with Gasteiger partial charge in [0.1, 0.15) is 11.5 Å². The zero-order valence-electron chi connectivity index (χ0n) is 22.0. The number of hydrogen-bond donors (Lipinski definition) is 1. The summed E-state index contributed by atoms with van der Waals surface area (Å²) in [7, 11) is 1.75. The molecule has 35 heavy (non-hydrogen) atoms. The van der Waals surface area contributed by atoms with E-state index in [1.165, 1.54) is 36.8 Å². The first-order valence-corrected chi connectivity index (χ1v) is 14.5. The third-order valence-corrected chi connectivity index (χ3v) is 10.2. The molecule has 3 fully saturated rings. The predicted molar refractivity (Wildman–Crippen MR) is 140 cm³/mol. The molecule has 1 N–H and O–H groups in total. The summed E-state index contributed by atoms with van der Waals surface area (Å²) in [6.45, 7) is 2.29. The van der Waals surface area contributed by atoms with E-state index < -0.39 is 0 Å². The van der Waals surface area contributed by atoms with Gasteiger partial charge in [-0.3, -0.25) is 9.59 Å². The number of rotatable bonds is 8. The number of ether oxygens (including phenoxy) is 1. The monoisotopic (exact) mass is 479 g/mol. The van der Waals surface area contributed by atoms with Gasteiger partial charge in [0.25, 0.3) is 0 Å². The van der Waals surface area contributed by atoms with Crippen LogP contribution < -0.4 is 10.1 Å². The van der Waals surface area contributed by atoms with Gasteiger partial charge in [-0.05, 0) is 98.3 Å². The molecule has 0 aromatic heterocycles. The summed E-state index contributed by atoms with van der Waals surface area (Å²) >= 11 is 0. The van der Waals surface area contributed by atoms with E-state index in [1.807, 2.05) is 0 Å². The number of Topliss-reactive ketones (excluding diaryl/α,β-unsaturated/α-hetero) is 1. The molecule has 5 atom stereocenters. The van der Waals surface area contributed by atoms with Crippen molar-refractivity contribution in [3.05, 3.63) is 29.3 Å². The van der Waals surface area contributed by atoms with Crippen molar-refractivity contribution in [3.63, 3.8) is 0 Å². The Morgan fingerprint density at radius 1 is 1.09 bits per heavy atom. The summed E-state index contributed by atoms with van der Waals surface area (Å²) in [4.78, 5) is 25.6. The third kappa shape index (κ3) is 5.04. The van der Waals surface area contributed by atoms with Crippen molar-refractivity contribution in [2.24, 2.45) is 23.2 Å². The van der Waals surface area contributed by atoms with Crippen molar-refractivity contribution in [3.8, 4) is 5.75 Å². The van der Waals surface area contributed by atoms with Crippen LogP contribution in [-0.4, -0.2) is 24.8 Å². The minimum Gasteiger partial charge on any atom is -0.497 e. The van der Waals surface area contributed by atoms with Gasteiger partial charge in [0.15, 0.2) is 0 Å². The molecular formula is C31H45NO3. The molecule has 0 unspecified atom stereocenters. The zero-order chi connectivity index (χ0) is 24.4. The van der Waals surface area contributed by atoms with Crippen LogP contribution in [0.25, 0.3) is 0 Å². The standard InChI is InChI=1S/C31H45NO3/c1-31-18-17-26-25-16-14-24(35-2)19-21(25)13-15-27(26)30(31)22(20-28(31)33)9-5-3-8-12-29(34)32-23-10-6-4-7-11-23/h14,16,19,22-23,26-27,30H,3-13,15,17-18,20H2,1-2H3,(H,32,34)/t22-,26-,27-,30+,31-/m1/s1. The molecule has 4 nitrogen and oxygen atoms in total. The number of benzene rings is 1. The van der Waals surface area contributed by atoms with E-state index in [-0.39, 0.29) is 11.3 Å².